The first-order valence-corrected chi connectivity index (χ1v) is 10.1. The number of hydrogen-bond acceptors (Lipinski definition) is 3. The Labute approximate surface area is 181 Å². The molecule has 0 fully saturated rings. The predicted molar refractivity (Wildman–Crippen MR) is 117 cm³/mol. The molecule has 1 unspecified atom stereocenters. The third-order valence-corrected chi connectivity index (χ3v) is 4.99. The summed E-state index contributed by atoms with van der Waals surface area (Å²) in [6, 6.07) is 11.5. The molecule has 156 valence electrons. The third kappa shape index (κ3) is 6.65. The van der Waals surface area contributed by atoms with Crippen molar-refractivity contribution < 1.29 is 14.3 Å². The van der Waals surface area contributed by atoms with Crippen LogP contribution in [0.25, 0.3) is 0 Å². The Morgan fingerprint density at radius 1 is 1.10 bits per heavy atom. The molecule has 29 heavy (non-hydrogen) atoms. The first-order chi connectivity index (χ1) is 13.7. The summed E-state index contributed by atoms with van der Waals surface area (Å²) in [6.45, 7) is 4.44. The van der Waals surface area contributed by atoms with E-state index in [1.807, 2.05) is 38.1 Å². The van der Waals surface area contributed by atoms with Gasteiger partial charge in [-0.15, -0.1) is 0 Å². The predicted octanol–water partition coefficient (Wildman–Crippen LogP) is 4.81. The van der Waals surface area contributed by atoms with Gasteiger partial charge < -0.3 is 15.0 Å². The Hall–Kier alpha value is -2.24. The average molecular weight is 437 g/mol. The largest absolute Gasteiger partial charge is 0.497 e. The fourth-order valence-corrected chi connectivity index (χ4v) is 3.45. The van der Waals surface area contributed by atoms with Crippen LogP contribution in [0.2, 0.25) is 10.0 Å². The normalized spacial score (nSPS) is 11.8. The number of rotatable bonds is 8. The number of benzene rings is 2. The lowest BCUT2D eigenvalue weighted by Gasteiger charge is -2.26. The molecule has 5 nitrogen and oxygen atoms in total. The van der Waals surface area contributed by atoms with Gasteiger partial charge in [-0.2, -0.15) is 0 Å². The molecule has 0 bridgehead atoms. The first-order valence-electron chi connectivity index (χ1n) is 9.35. The van der Waals surface area contributed by atoms with Crippen LogP contribution < -0.4 is 10.1 Å². The van der Waals surface area contributed by atoms with Crippen LogP contribution in [0, 0.1) is 5.92 Å². The Morgan fingerprint density at radius 2 is 1.76 bits per heavy atom. The molecule has 0 heterocycles. The van der Waals surface area contributed by atoms with Crippen molar-refractivity contribution in [2.45, 2.75) is 32.9 Å². The van der Waals surface area contributed by atoms with Crippen LogP contribution in [0.5, 0.6) is 5.75 Å². The van der Waals surface area contributed by atoms with E-state index in [1.165, 1.54) is 6.07 Å². The van der Waals surface area contributed by atoms with Crippen LogP contribution in [-0.2, 0) is 11.3 Å². The summed E-state index contributed by atoms with van der Waals surface area (Å²) in [5.41, 5.74) is 1.26. The van der Waals surface area contributed by atoms with Crippen molar-refractivity contribution in [2.75, 3.05) is 14.2 Å². The lowest BCUT2D eigenvalue weighted by molar-refractivity contribution is -0.132. The molecule has 0 aliphatic heterocycles. The van der Waals surface area contributed by atoms with Gasteiger partial charge in [0.25, 0.3) is 5.91 Å². The molecule has 2 aromatic carbocycles. The van der Waals surface area contributed by atoms with Crippen molar-refractivity contribution in [1.82, 2.24) is 10.2 Å². The van der Waals surface area contributed by atoms with Crippen LogP contribution in [0.3, 0.4) is 0 Å². The van der Waals surface area contributed by atoms with Crippen molar-refractivity contribution >= 4 is 35.0 Å². The summed E-state index contributed by atoms with van der Waals surface area (Å²) in [5, 5.41) is 3.52. The minimum atomic E-state index is -0.655. The highest BCUT2D eigenvalue weighted by atomic mass is 35.5. The van der Waals surface area contributed by atoms with E-state index in [0.717, 1.165) is 11.3 Å². The number of carbonyl (C=O) groups excluding carboxylic acids is 2. The first kappa shape index (κ1) is 23.0. The molecule has 2 aromatic rings. The third-order valence-electron chi connectivity index (χ3n) is 4.44. The van der Waals surface area contributed by atoms with Gasteiger partial charge in [-0.3, -0.25) is 9.59 Å². The monoisotopic (exact) mass is 436 g/mol. The second-order valence-electron chi connectivity index (χ2n) is 7.32. The molecule has 0 aliphatic carbocycles. The fraction of sp³-hybridized carbons (Fsp3) is 0.364. The van der Waals surface area contributed by atoms with Gasteiger partial charge in [0.2, 0.25) is 5.91 Å². The zero-order chi connectivity index (χ0) is 21.6. The molecule has 0 aromatic heterocycles. The van der Waals surface area contributed by atoms with E-state index in [4.69, 9.17) is 27.9 Å². The van der Waals surface area contributed by atoms with Crippen molar-refractivity contribution in [3.63, 3.8) is 0 Å². The zero-order valence-corrected chi connectivity index (χ0v) is 18.6. The molecule has 1 atom stereocenters. The number of nitrogens with zero attached hydrogens (tertiary/aromatic N) is 1. The Kier molecular flexibility index (Phi) is 8.35. The van der Waals surface area contributed by atoms with Crippen molar-refractivity contribution in [3.8, 4) is 5.75 Å². The van der Waals surface area contributed by atoms with Gasteiger partial charge >= 0.3 is 0 Å². The van der Waals surface area contributed by atoms with Crippen LogP contribution in [0.4, 0.5) is 0 Å². The van der Waals surface area contributed by atoms with Crippen LogP contribution in [-0.4, -0.2) is 36.9 Å². The maximum Gasteiger partial charge on any atom is 0.253 e. The van der Waals surface area contributed by atoms with E-state index in [-0.39, 0.29) is 22.4 Å². The highest BCUT2D eigenvalue weighted by molar-refractivity contribution is 6.36. The molecule has 0 radical (unpaired) electrons. The van der Waals surface area contributed by atoms with Gasteiger partial charge in [0.05, 0.1) is 17.7 Å². The summed E-state index contributed by atoms with van der Waals surface area (Å²) in [6.07, 6.45) is 0.517. The summed E-state index contributed by atoms with van der Waals surface area (Å²) >= 11 is 12.0. The van der Waals surface area contributed by atoms with Gasteiger partial charge in [0, 0.05) is 18.6 Å². The van der Waals surface area contributed by atoms with Gasteiger partial charge in [-0.25, -0.2) is 0 Å². The number of methoxy groups -OCH3 is 1. The number of amides is 2. The summed E-state index contributed by atoms with van der Waals surface area (Å²) in [7, 11) is 3.33. The van der Waals surface area contributed by atoms with Crippen molar-refractivity contribution in [3.05, 3.63) is 63.6 Å². The maximum absolute atomic E-state index is 13.0. The SMILES string of the molecule is COc1ccc(CN(C)C(=O)C(CC(C)C)NC(=O)c2ccc(Cl)cc2Cl)cc1. The summed E-state index contributed by atoms with van der Waals surface area (Å²) in [5.74, 6) is 0.420. The standard InChI is InChI=1S/C22H26Cl2N2O3/c1-14(2)11-20(25-21(27)18-10-7-16(23)12-19(18)24)22(28)26(3)13-15-5-8-17(29-4)9-6-15/h5-10,12,14,20H,11,13H2,1-4H3,(H,25,27). The molecule has 0 spiro atoms. The van der Waals surface area contributed by atoms with Gasteiger partial charge in [-0.1, -0.05) is 49.2 Å². The number of hydrogen-bond donors (Lipinski definition) is 1. The molecule has 0 saturated heterocycles. The van der Waals surface area contributed by atoms with E-state index < -0.39 is 11.9 Å². The highest BCUT2D eigenvalue weighted by Crippen LogP contribution is 2.21. The Bertz CT molecular complexity index is 854. The van der Waals surface area contributed by atoms with Crippen LogP contribution in [0.1, 0.15) is 36.2 Å². The number of halogens is 2. The number of nitrogens with one attached hydrogen (secondary N) is 1. The second-order valence-corrected chi connectivity index (χ2v) is 8.17. The molecule has 0 aliphatic rings. The lowest BCUT2D eigenvalue weighted by atomic mass is 10.0. The van der Waals surface area contributed by atoms with E-state index in [1.54, 1.807) is 31.2 Å². The average Bonchev–Trinajstić information content (AvgIpc) is 2.66. The highest BCUT2D eigenvalue weighted by Gasteiger charge is 2.26. The molecule has 1 N–H and O–H groups in total. The van der Waals surface area contributed by atoms with Gasteiger partial charge in [-0.05, 0) is 48.2 Å². The summed E-state index contributed by atoms with van der Waals surface area (Å²) in [4.78, 5) is 27.4. The minimum absolute atomic E-state index is 0.159. The van der Waals surface area contributed by atoms with Crippen molar-refractivity contribution in [2.24, 2.45) is 5.92 Å². The number of carbonyl (C=O) groups is 2. The molecule has 2 amide bonds. The number of likely N-dealkylation sites (N-methyl/N-ethyl adjacent to an activating group) is 1. The molecule has 7 heteroatoms. The van der Waals surface area contributed by atoms with Crippen molar-refractivity contribution in [1.29, 1.82) is 0 Å². The van der Waals surface area contributed by atoms with E-state index in [2.05, 4.69) is 5.32 Å². The molecular formula is C22H26Cl2N2O3. The number of ether oxygens (including phenoxy) is 1. The summed E-state index contributed by atoms with van der Waals surface area (Å²) < 4.78 is 5.16. The van der Waals surface area contributed by atoms with E-state index in [0.29, 0.717) is 18.0 Å². The quantitative estimate of drug-likeness (QED) is 0.645. The zero-order valence-electron chi connectivity index (χ0n) is 17.0. The van der Waals surface area contributed by atoms with E-state index in [9.17, 15) is 9.59 Å². The maximum atomic E-state index is 13.0. The minimum Gasteiger partial charge on any atom is -0.497 e. The van der Waals surface area contributed by atoms with Gasteiger partial charge in [0.1, 0.15) is 11.8 Å². The Morgan fingerprint density at radius 3 is 2.31 bits per heavy atom. The van der Waals surface area contributed by atoms with Gasteiger partial charge in [0.15, 0.2) is 0 Å². The smallest absolute Gasteiger partial charge is 0.253 e. The second kappa shape index (κ2) is 10.5. The molecule has 0 saturated carbocycles. The van der Waals surface area contributed by atoms with E-state index >= 15 is 0 Å². The van der Waals surface area contributed by atoms with Crippen LogP contribution in [0.15, 0.2) is 42.5 Å². The molecule has 2 rings (SSSR count). The molecular weight excluding hydrogens is 411 g/mol. The fourth-order valence-electron chi connectivity index (χ4n) is 2.95. The van der Waals surface area contributed by atoms with Crippen LogP contribution >= 0.6 is 23.2 Å². The lowest BCUT2D eigenvalue weighted by Crippen LogP contribution is -2.47. The topological polar surface area (TPSA) is 58.6 Å². The Balaban J connectivity index is 2.12.